The summed E-state index contributed by atoms with van der Waals surface area (Å²) in [6, 6.07) is 12.9. The van der Waals surface area contributed by atoms with Gasteiger partial charge >= 0.3 is 5.97 Å². The molecule has 0 unspecified atom stereocenters. The Bertz CT molecular complexity index is 1060. The van der Waals surface area contributed by atoms with Crippen LogP contribution >= 0.6 is 0 Å². The molecule has 8 heteroatoms. The number of esters is 1. The van der Waals surface area contributed by atoms with Gasteiger partial charge in [-0.05, 0) is 56.0 Å². The molecule has 3 rings (SSSR count). The van der Waals surface area contributed by atoms with Crippen molar-refractivity contribution in [2.24, 2.45) is 0 Å². The highest BCUT2D eigenvalue weighted by Gasteiger charge is 2.35. The molecular formula is C22H21FO6S. The molecule has 2 aromatic carbocycles. The summed E-state index contributed by atoms with van der Waals surface area (Å²) in [5, 5.41) is 0. The Balaban J connectivity index is 1.78. The average molecular weight is 432 g/mol. The van der Waals surface area contributed by atoms with E-state index in [1.807, 2.05) is 30.3 Å². The van der Waals surface area contributed by atoms with Gasteiger partial charge in [0.05, 0.1) is 5.56 Å². The van der Waals surface area contributed by atoms with Crippen LogP contribution in [0.25, 0.3) is 0 Å². The molecule has 1 aliphatic rings. The van der Waals surface area contributed by atoms with Crippen LogP contribution < -0.4 is 4.74 Å². The fourth-order valence-corrected chi connectivity index (χ4v) is 3.44. The van der Waals surface area contributed by atoms with Gasteiger partial charge in [-0.2, -0.15) is 8.42 Å². The average Bonchev–Trinajstić information content (AvgIpc) is 3.17. The first kappa shape index (κ1) is 21.8. The van der Waals surface area contributed by atoms with Crippen LogP contribution in [-0.4, -0.2) is 36.9 Å². The van der Waals surface area contributed by atoms with Gasteiger partial charge in [-0.1, -0.05) is 30.0 Å². The molecule has 1 fully saturated rings. The lowest BCUT2D eigenvalue weighted by molar-refractivity contribution is 0.0526. The van der Waals surface area contributed by atoms with Crippen molar-refractivity contribution in [3.05, 3.63) is 65.5 Å². The van der Waals surface area contributed by atoms with E-state index < -0.39 is 39.9 Å². The van der Waals surface area contributed by atoms with E-state index in [1.54, 1.807) is 0 Å². The summed E-state index contributed by atoms with van der Waals surface area (Å²) in [5.41, 5.74) is -0.0283. The summed E-state index contributed by atoms with van der Waals surface area (Å²) in [5.74, 6) is 3.88. The second kappa shape index (κ2) is 9.28. The number of carbonyl (C=O) groups is 1. The fourth-order valence-electron chi connectivity index (χ4n) is 3.15. The first-order valence-electron chi connectivity index (χ1n) is 9.45. The molecule has 0 aliphatic heterocycles. The van der Waals surface area contributed by atoms with Crippen LogP contribution in [0.3, 0.4) is 0 Å². The summed E-state index contributed by atoms with van der Waals surface area (Å²) in [6.07, 6.45) is 3.05. The maximum absolute atomic E-state index is 14.4. The number of halogens is 1. The summed E-state index contributed by atoms with van der Waals surface area (Å²) >= 11 is 0. The highest BCUT2D eigenvalue weighted by Crippen LogP contribution is 2.35. The highest BCUT2D eigenvalue weighted by atomic mass is 32.2. The molecule has 0 spiro atoms. The highest BCUT2D eigenvalue weighted by molar-refractivity contribution is 7.85. The smallest absolute Gasteiger partial charge is 0.338 e. The quantitative estimate of drug-likeness (QED) is 0.426. The summed E-state index contributed by atoms with van der Waals surface area (Å²) in [6.45, 7) is -0.516. The second-order valence-corrected chi connectivity index (χ2v) is 8.56. The Kier molecular flexibility index (Phi) is 6.75. The number of ether oxygens (including phenoxy) is 2. The predicted molar refractivity (Wildman–Crippen MR) is 108 cm³/mol. The van der Waals surface area contributed by atoms with Gasteiger partial charge in [-0.3, -0.25) is 4.55 Å². The summed E-state index contributed by atoms with van der Waals surface area (Å²) in [4.78, 5) is 12.1. The minimum Gasteiger partial charge on any atom is -0.471 e. The van der Waals surface area contributed by atoms with E-state index in [0.717, 1.165) is 24.5 Å². The largest absolute Gasteiger partial charge is 0.471 e. The molecule has 0 atom stereocenters. The van der Waals surface area contributed by atoms with Gasteiger partial charge in [0.15, 0.2) is 17.2 Å². The van der Waals surface area contributed by atoms with Gasteiger partial charge in [0.2, 0.25) is 0 Å². The van der Waals surface area contributed by atoms with Crippen molar-refractivity contribution in [1.29, 1.82) is 0 Å². The van der Waals surface area contributed by atoms with Gasteiger partial charge in [-0.15, -0.1) is 0 Å². The van der Waals surface area contributed by atoms with Crippen molar-refractivity contribution in [3.8, 4) is 17.6 Å². The van der Waals surface area contributed by atoms with Crippen molar-refractivity contribution < 1.29 is 31.6 Å². The molecule has 0 bridgehead atoms. The first-order chi connectivity index (χ1) is 14.3. The van der Waals surface area contributed by atoms with Crippen molar-refractivity contribution >= 4 is 16.1 Å². The van der Waals surface area contributed by atoms with Crippen LogP contribution in [-0.2, 0) is 14.9 Å². The third kappa shape index (κ3) is 6.05. The monoisotopic (exact) mass is 432 g/mol. The van der Waals surface area contributed by atoms with E-state index in [0.29, 0.717) is 12.8 Å². The van der Waals surface area contributed by atoms with Crippen LogP contribution in [0.2, 0.25) is 0 Å². The number of rotatable bonds is 6. The molecular weight excluding hydrogens is 411 g/mol. The topological polar surface area (TPSA) is 89.9 Å². The zero-order valence-electron chi connectivity index (χ0n) is 16.1. The Morgan fingerprint density at radius 2 is 1.83 bits per heavy atom. The van der Waals surface area contributed by atoms with E-state index in [1.165, 1.54) is 12.1 Å². The Morgan fingerprint density at radius 3 is 2.50 bits per heavy atom. The lowest BCUT2D eigenvalue weighted by Crippen LogP contribution is -2.31. The van der Waals surface area contributed by atoms with Gasteiger partial charge in [0.25, 0.3) is 10.1 Å². The number of carbonyl (C=O) groups excluding carboxylic acids is 1. The maximum Gasteiger partial charge on any atom is 0.338 e. The van der Waals surface area contributed by atoms with Gasteiger partial charge in [0.1, 0.15) is 12.4 Å². The van der Waals surface area contributed by atoms with Crippen molar-refractivity contribution in [3.63, 3.8) is 0 Å². The van der Waals surface area contributed by atoms with Crippen LogP contribution in [0, 0.1) is 17.7 Å². The molecule has 0 amide bonds. The summed E-state index contributed by atoms with van der Waals surface area (Å²) in [7, 11) is -4.25. The molecule has 0 saturated heterocycles. The van der Waals surface area contributed by atoms with E-state index in [-0.39, 0.29) is 11.3 Å². The predicted octanol–water partition coefficient (Wildman–Crippen LogP) is 3.61. The molecule has 1 saturated carbocycles. The fraction of sp³-hybridized carbons (Fsp3) is 0.318. The molecule has 0 aromatic heterocycles. The van der Waals surface area contributed by atoms with E-state index in [4.69, 9.17) is 14.0 Å². The SMILES string of the molecule is O=C(OCCS(=O)(=O)O)c1ccc(F)c(OC2(C#Cc3ccccc3)CCCC2)c1. The van der Waals surface area contributed by atoms with Crippen molar-refractivity contribution in [2.45, 2.75) is 31.3 Å². The molecule has 0 heterocycles. The van der Waals surface area contributed by atoms with Crippen molar-refractivity contribution in [2.75, 3.05) is 12.4 Å². The minimum atomic E-state index is -4.25. The Labute approximate surface area is 174 Å². The summed E-state index contributed by atoms with van der Waals surface area (Å²) < 4.78 is 55.3. The molecule has 30 heavy (non-hydrogen) atoms. The van der Waals surface area contributed by atoms with Crippen molar-refractivity contribution in [1.82, 2.24) is 0 Å². The first-order valence-corrected chi connectivity index (χ1v) is 11.1. The molecule has 6 nitrogen and oxygen atoms in total. The van der Waals surface area contributed by atoms with Crippen LogP contribution in [0.4, 0.5) is 4.39 Å². The molecule has 2 aromatic rings. The van der Waals surface area contributed by atoms with Gasteiger partial charge < -0.3 is 9.47 Å². The van der Waals surface area contributed by atoms with E-state index in [2.05, 4.69) is 11.8 Å². The lowest BCUT2D eigenvalue weighted by Gasteiger charge is -2.25. The van der Waals surface area contributed by atoms with E-state index >= 15 is 0 Å². The minimum absolute atomic E-state index is 0.00547. The lowest BCUT2D eigenvalue weighted by atomic mass is 10.0. The van der Waals surface area contributed by atoms with Crippen LogP contribution in [0.15, 0.2) is 48.5 Å². The molecule has 1 N–H and O–H groups in total. The van der Waals surface area contributed by atoms with Gasteiger partial charge in [-0.25, -0.2) is 9.18 Å². The van der Waals surface area contributed by atoms with Gasteiger partial charge in [0, 0.05) is 5.56 Å². The zero-order chi connectivity index (χ0) is 21.6. The Hall–Kier alpha value is -2.89. The number of hydrogen-bond acceptors (Lipinski definition) is 5. The van der Waals surface area contributed by atoms with E-state index in [9.17, 15) is 17.6 Å². The Morgan fingerprint density at radius 1 is 1.13 bits per heavy atom. The van der Waals surface area contributed by atoms with Crippen LogP contribution in [0.5, 0.6) is 5.75 Å². The molecule has 158 valence electrons. The third-order valence-corrected chi connectivity index (χ3v) is 5.35. The second-order valence-electron chi connectivity index (χ2n) is 6.99. The number of hydrogen-bond donors (Lipinski definition) is 1. The number of benzene rings is 2. The third-order valence-electron chi connectivity index (χ3n) is 4.67. The van der Waals surface area contributed by atoms with Crippen LogP contribution in [0.1, 0.15) is 41.6 Å². The molecule has 1 aliphatic carbocycles. The maximum atomic E-state index is 14.4. The normalized spacial score (nSPS) is 15.1. The molecule has 0 radical (unpaired) electrons. The standard InChI is InChI=1S/C22H21FO6S/c23-19-9-8-18(21(24)28-14-15-30(25,26)27)16-20(19)29-22(11-4-5-12-22)13-10-17-6-2-1-3-7-17/h1-3,6-9,16H,4-5,11-12,14-15H2,(H,25,26,27). The zero-order valence-corrected chi connectivity index (χ0v) is 17.0.